The molecule has 0 aromatic carbocycles. The smallest absolute Gasteiger partial charge is 0.312 e. The summed E-state index contributed by atoms with van der Waals surface area (Å²) in [6, 6.07) is 0. The zero-order valence-electron chi connectivity index (χ0n) is 5.26. The van der Waals surface area contributed by atoms with Gasteiger partial charge in [0.15, 0.2) is 0 Å². The molecule has 1 aromatic heterocycles. The number of aromatic nitrogens is 2. The maximum Gasteiger partial charge on any atom is 0.332 e. The summed E-state index contributed by atoms with van der Waals surface area (Å²) in [5, 5.41) is 0. The van der Waals surface area contributed by atoms with E-state index in [2.05, 4.69) is 4.98 Å². The number of hydrogen-bond donors (Lipinski definition) is 1. The summed E-state index contributed by atoms with van der Waals surface area (Å²) in [6.07, 6.45) is 2.75. The van der Waals surface area contributed by atoms with Crippen LogP contribution >= 0.6 is 0 Å². The van der Waals surface area contributed by atoms with Gasteiger partial charge in [-0.1, -0.05) is 0 Å². The molecule has 1 aliphatic rings. The van der Waals surface area contributed by atoms with Crippen LogP contribution in [0.25, 0.3) is 0 Å². The fourth-order valence-corrected chi connectivity index (χ4v) is 1.21. The number of imidazole rings is 1. The Morgan fingerprint density at radius 1 is 1.40 bits per heavy atom. The molecule has 2 rings (SSSR count). The minimum Gasteiger partial charge on any atom is -0.312 e. The van der Waals surface area contributed by atoms with Gasteiger partial charge in [0.1, 0.15) is 0 Å². The van der Waals surface area contributed by atoms with E-state index in [0.29, 0.717) is 12.8 Å². The van der Waals surface area contributed by atoms with Crippen molar-refractivity contribution in [1.29, 1.82) is 0 Å². The largest absolute Gasteiger partial charge is 0.332 e. The van der Waals surface area contributed by atoms with Crippen molar-refractivity contribution in [3.8, 4) is 0 Å². The average Bonchev–Trinajstić information content (AvgIpc) is 2.40. The van der Waals surface area contributed by atoms with Crippen LogP contribution < -0.4 is 5.69 Å². The van der Waals surface area contributed by atoms with Gasteiger partial charge in [-0.25, -0.2) is 9.36 Å². The van der Waals surface area contributed by atoms with Crippen molar-refractivity contribution in [3.63, 3.8) is 0 Å². The number of hydrogen-bond acceptors (Lipinski definition) is 2. The first kappa shape index (κ1) is 5.46. The number of rotatable bonds is 0. The van der Waals surface area contributed by atoms with Crippen molar-refractivity contribution in [2.24, 2.45) is 0 Å². The van der Waals surface area contributed by atoms with Gasteiger partial charge in [0, 0.05) is 18.3 Å². The van der Waals surface area contributed by atoms with E-state index in [-0.39, 0.29) is 11.6 Å². The highest BCUT2D eigenvalue weighted by Crippen LogP contribution is 2.09. The number of fused-ring (bicyclic) bond motifs is 1. The third-order valence-electron chi connectivity index (χ3n) is 1.70. The molecular weight excluding hydrogens is 132 g/mol. The Labute approximate surface area is 56.5 Å². The van der Waals surface area contributed by atoms with Crippen LogP contribution in [0.2, 0.25) is 0 Å². The molecule has 0 spiro atoms. The highest BCUT2D eigenvalue weighted by Gasteiger charge is 2.20. The second-order valence-corrected chi connectivity index (χ2v) is 2.31. The predicted molar refractivity (Wildman–Crippen MR) is 34.0 cm³/mol. The topological polar surface area (TPSA) is 54.9 Å². The Kier molecular flexibility index (Phi) is 0.869. The van der Waals surface area contributed by atoms with Gasteiger partial charge >= 0.3 is 5.69 Å². The third kappa shape index (κ3) is 0.504. The van der Waals surface area contributed by atoms with Crippen LogP contribution in [0, 0.1) is 0 Å². The molecule has 0 atom stereocenters. The van der Waals surface area contributed by atoms with Crippen LogP contribution in [-0.4, -0.2) is 15.5 Å². The summed E-state index contributed by atoms with van der Waals surface area (Å²) in [6.45, 7) is 0. The summed E-state index contributed by atoms with van der Waals surface area (Å²) in [7, 11) is 0. The monoisotopic (exact) mass is 138 g/mol. The fraction of sp³-hybridized carbons (Fsp3) is 0.333. The second kappa shape index (κ2) is 1.59. The number of nitrogens with one attached hydrogen (secondary N) is 1. The molecule has 4 nitrogen and oxygen atoms in total. The molecular formula is C6H6N2O2. The molecule has 0 radical (unpaired) electrons. The Bertz CT molecular complexity index is 334. The van der Waals surface area contributed by atoms with Crippen molar-refractivity contribution < 1.29 is 4.79 Å². The van der Waals surface area contributed by atoms with E-state index < -0.39 is 0 Å². The van der Waals surface area contributed by atoms with Crippen LogP contribution in [0.3, 0.4) is 0 Å². The molecule has 0 amide bonds. The maximum absolute atomic E-state index is 10.9. The SMILES string of the molecule is O=C1CCc2c[nH]c(=O)n21. The summed E-state index contributed by atoms with van der Waals surface area (Å²) in [4.78, 5) is 24.2. The van der Waals surface area contributed by atoms with E-state index in [0.717, 1.165) is 5.69 Å². The van der Waals surface area contributed by atoms with Gasteiger partial charge in [0.2, 0.25) is 5.91 Å². The third-order valence-corrected chi connectivity index (χ3v) is 1.70. The number of carbonyl (C=O) groups is 1. The van der Waals surface area contributed by atoms with Crippen molar-refractivity contribution in [2.75, 3.05) is 0 Å². The first-order valence-electron chi connectivity index (χ1n) is 3.11. The number of aromatic amines is 1. The van der Waals surface area contributed by atoms with E-state index in [4.69, 9.17) is 0 Å². The molecule has 1 aliphatic heterocycles. The van der Waals surface area contributed by atoms with E-state index >= 15 is 0 Å². The van der Waals surface area contributed by atoms with Gasteiger partial charge in [-0.15, -0.1) is 0 Å². The van der Waals surface area contributed by atoms with Crippen molar-refractivity contribution in [3.05, 3.63) is 22.4 Å². The molecule has 4 heteroatoms. The number of H-pyrrole nitrogens is 1. The summed E-state index contributed by atoms with van der Waals surface area (Å²) >= 11 is 0. The van der Waals surface area contributed by atoms with Crippen LogP contribution in [-0.2, 0) is 6.42 Å². The molecule has 0 aliphatic carbocycles. The Morgan fingerprint density at radius 3 is 2.90 bits per heavy atom. The second-order valence-electron chi connectivity index (χ2n) is 2.31. The molecule has 0 saturated heterocycles. The molecule has 52 valence electrons. The molecule has 0 fully saturated rings. The van der Waals surface area contributed by atoms with Gasteiger partial charge in [0.25, 0.3) is 0 Å². The van der Waals surface area contributed by atoms with Crippen LogP contribution in [0.15, 0.2) is 11.0 Å². The van der Waals surface area contributed by atoms with Gasteiger partial charge in [-0.3, -0.25) is 4.79 Å². The first-order valence-corrected chi connectivity index (χ1v) is 3.11. The first-order chi connectivity index (χ1) is 4.79. The van der Waals surface area contributed by atoms with Gasteiger partial charge in [0.05, 0.1) is 0 Å². The lowest BCUT2D eigenvalue weighted by atomic mass is 10.3. The van der Waals surface area contributed by atoms with E-state index in [1.165, 1.54) is 4.57 Å². The Hall–Kier alpha value is -1.32. The molecule has 1 aromatic rings. The number of nitrogens with zero attached hydrogens (tertiary/aromatic N) is 1. The van der Waals surface area contributed by atoms with Crippen molar-refractivity contribution in [1.82, 2.24) is 9.55 Å². The average molecular weight is 138 g/mol. The summed E-state index contributed by atoms with van der Waals surface area (Å²) in [5.41, 5.74) is 0.493. The summed E-state index contributed by atoms with van der Waals surface area (Å²) < 4.78 is 1.19. The Balaban J connectivity index is 2.77. The lowest BCUT2D eigenvalue weighted by Gasteiger charge is -1.86. The van der Waals surface area contributed by atoms with Crippen LogP contribution in [0.1, 0.15) is 16.9 Å². The quantitative estimate of drug-likeness (QED) is 0.538. The highest BCUT2D eigenvalue weighted by atomic mass is 16.2. The zero-order chi connectivity index (χ0) is 7.14. The molecule has 0 saturated carbocycles. The minimum absolute atomic E-state index is 0.0961. The lowest BCUT2D eigenvalue weighted by molar-refractivity contribution is 0.0920. The predicted octanol–water partition coefficient (Wildman–Crippen LogP) is -0.237. The molecule has 2 heterocycles. The standard InChI is InChI=1S/C6H6N2O2/c9-5-2-1-4-3-7-6(10)8(4)5/h3H,1-2H2,(H,7,10). The van der Waals surface area contributed by atoms with E-state index in [1.807, 2.05) is 0 Å². The molecule has 1 N–H and O–H groups in total. The van der Waals surface area contributed by atoms with E-state index in [9.17, 15) is 9.59 Å². The Morgan fingerprint density at radius 2 is 2.20 bits per heavy atom. The van der Waals surface area contributed by atoms with Crippen molar-refractivity contribution >= 4 is 5.91 Å². The normalized spacial score (nSPS) is 15.8. The minimum atomic E-state index is -0.308. The molecule has 0 bridgehead atoms. The zero-order valence-corrected chi connectivity index (χ0v) is 5.26. The highest BCUT2D eigenvalue weighted by molar-refractivity contribution is 5.82. The summed E-state index contributed by atoms with van der Waals surface area (Å²) in [5.74, 6) is -0.0961. The fourth-order valence-electron chi connectivity index (χ4n) is 1.21. The van der Waals surface area contributed by atoms with Gasteiger partial charge in [-0.2, -0.15) is 0 Å². The van der Waals surface area contributed by atoms with Crippen LogP contribution in [0.5, 0.6) is 0 Å². The lowest BCUT2D eigenvalue weighted by Crippen LogP contribution is -2.20. The van der Waals surface area contributed by atoms with Gasteiger partial charge < -0.3 is 4.98 Å². The molecule has 0 unspecified atom stereocenters. The number of carbonyl (C=O) groups excluding carboxylic acids is 1. The van der Waals surface area contributed by atoms with E-state index in [1.54, 1.807) is 6.20 Å². The van der Waals surface area contributed by atoms with Gasteiger partial charge in [-0.05, 0) is 6.42 Å². The molecule has 10 heavy (non-hydrogen) atoms. The maximum atomic E-state index is 10.9. The van der Waals surface area contributed by atoms with Crippen molar-refractivity contribution in [2.45, 2.75) is 12.8 Å². The number of aryl methyl sites for hydroxylation is 1. The van der Waals surface area contributed by atoms with Crippen LogP contribution in [0.4, 0.5) is 0 Å².